The quantitative estimate of drug-likeness (QED) is 0.368. The minimum Gasteiger partial charge on any atom is -0.496 e. The van der Waals surface area contributed by atoms with Crippen LogP contribution in [0.2, 0.25) is 0 Å². The van der Waals surface area contributed by atoms with Crippen molar-refractivity contribution in [3.8, 4) is 28.4 Å². The van der Waals surface area contributed by atoms with Gasteiger partial charge >= 0.3 is 6.18 Å². The van der Waals surface area contributed by atoms with Crippen LogP contribution in [-0.4, -0.2) is 19.3 Å². The number of halogens is 3. The van der Waals surface area contributed by atoms with E-state index >= 15 is 0 Å². The third-order valence-electron chi connectivity index (χ3n) is 5.45. The standard InChI is InChI=1S/C26H21F3O6/c1-32-20-8-5-17(11-21(20)34-13-15-3-6-18(7-4-15)26(27,28)29)19-14-35-23-10-16(12-30)9-22(33-2)24(23)25(19)31/h3-11,14,30H,12-13H2,1-2H3. The Bertz CT molecular complexity index is 1410. The van der Waals surface area contributed by atoms with E-state index in [9.17, 15) is 23.1 Å². The predicted molar refractivity (Wildman–Crippen MR) is 123 cm³/mol. The molecule has 4 rings (SSSR count). The molecule has 0 saturated heterocycles. The van der Waals surface area contributed by atoms with Crippen LogP contribution < -0.4 is 19.6 Å². The summed E-state index contributed by atoms with van der Waals surface area (Å²) in [4.78, 5) is 13.3. The summed E-state index contributed by atoms with van der Waals surface area (Å²) in [6.45, 7) is -0.252. The van der Waals surface area contributed by atoms with E-state index in [4.69, 9.17) is 18.6 Å². The molecular weight excluding hydrogens is 465 g/mol. The van der Waals surface area contributed by atoms with Gasteiger partial charge in [0.05, 0.1) is 32.0 Å². The highest BCUT2D eigenvalue weighted by molar-refractivity contribution is 5.88. The van der Waals surface area contributed by atoms with Crippen molar-refractivity contribution in [1.82, 2.24) is 0 Å². The van der Waals surface area contributed by atoms with E-state index in [0.29, 0.717) is 28.2 Å². The van der Waals surface area contributed by atoms with E-state index < -0.39 is 11.7 Å². The Kier molecular flexibility index (Phi) is 6.70. The van der Waals surface area contributed by atoms with Gasteiger partial charge in [-0.1, -0.05) is 18.2 Å². The van der Waals surface area contributed by atoms with Crippen molar-refractivity contribution in [2.75, 3.05) is 14.2 Å². The number of methoxy groups -OCH3 is 2. The molecule has 0 amide bonds. The Labute approximate surface area is 198 Å². The van der Waals surface area contributed by atoms with Gasteiger partial charge in [-0.2, -0.15) is 13.2 Å². The Hall–Kier alpha value is -3.98. The molecule has 1 aromatic heterocycles. The Morgan fingerprint density at radius 2 is 1.60 bits per heavy atom. The van der Waals surface area contributed by atoms with E-state index in [0.717, 1.165) is 12.1 Å². The first-order chi connectivity index (χ1) is 16.7. The van der Waals surface area contributed by atoms with Gasteiger partial charge in [0.15, 0.2) is 11.5 Å². The molecule has 182 valence electrons. The van der Waals surface area contributed by atoms with Gasteiger partial charge < -0.3 is 23.7 Å². The molecule has 6 nitrogen and oxygen atoms in total. The largest absolute Gasteiger partial charge is 0.496 e. The van der Waals surface area contributed by atoms with Gasteiger partial charge in [0.1, 0.15) is 29.6 Å². The zero-order valence-electron chi connectivity index (χ0n) is 18.8. The molecule has 9 heteroatoms. The summed E-state index contributed by atoms with van der Waals surface area (Å²) < 4.78 is 60.5. The highest BCUT2D eigenvalue weighted by Gasteiger charge is 2.30. The second kappa shape index (κ2) is 9.71. The molecule has 1 heterocycles. The van der Waals surface area contributed by atoms with Crippen LogP contribution in [-0.2, 0) is 19.4 Å². The van der Waals surface area contributed by atoms with Crippen LogP contribution >= 0.6 is 0 Å². The third-order valence-corrected chi connectivity index (χ3v) is 5.45. The number of hydrogen-bond acceptors (Lipinski definition) is 6. The van der Waals surface area contributed by atoms with Crippen LogP contribution in [0.5, 0.6) is 17.2 Å². The topological polar surface area (TPSA) is 78.1 Å². The van der Waals surface area contributed by atoms with Crippen molar-refractivity contribution < 1.29 is 36.9 Å². The average Bonchev–Trinajstić information content (AvgIpc) is 2.86. The first-order valence-corrected chi connectivity index (χ1v) is 10.5. The van der Waals surface area contributed by atoms with Gasteiger partial charge in [-0.05, 0) is 53.1 Å². The number of aliphatic hydroxyl groups is 1. The lowest BCUT2D eigenvalue weighted by molar-refractivity contribution is -0.137. The number of fused-ring (bicyclic) bond motifs is 1. The fourth-order valence-electron chi connectivity index (χ4n) is 3.63. The first kappa shape index (κ1) is 24.2. The molecule has 0 bridgehead atoms. The van der Waals surface area contributed by atoms with Crippen LogP contribution in [0.25, 0.3) is 22.1 Å². The fraction of sp³-hybridized carbons (Fsp3) is 0.192. The highest BCUT2D eigenvalue weighted by atomic mass is 19.4. The van der Waals surface area contributed by atoms with Crippen LogP contribution in [0.4, 0.5) is 13.2 Å². The van der Waals surface area contributed by atoms with Crippen molar-refractivity contribution in [2.24, 2.45) is 0 Å². The van der Waals surface area contributed by atoms with E-state index in [1.165, 1.54) is 32.6 Å². The Balaban J connectivity index is 1.68. The zero-order valence-corrected chi connectivity index (χ0v) is 18.8. The molecular formula is C26H21F3O6. The molecule has 0 unspecified atom stereocenters. The van der Waals surface area contributed by atoms with Crippen molar-refractivity contribution in [1.29, 1.82) is 0 Å². The van der Waals surface area contributed by atoms with Gasteiger partial charge in [0.25, 0.3) is 0 Å². The molecule has 0 aliphatic carbocycles. The van der Waals surface area contributed by atoms with Crippen molar-refractivity contribution in [2.45, 2.75) is 19.4 Å². The van der Waals surface area contributed by atoms with Crippen LogP contribution in [0.15, 0.2) is 70.1 Å². The van der Waals surface area contributed by atoms with E-state index in [1.807, 2.05) is 0 Å². The Morgan fingerprint density at radius 3 is 2.23 bits per heavy atom. The summed E-state index contributed by atoms with van der Waals surface area (Å²) in [5.41, 5.74) is 0.978. The molecule has 0 saturated carbocycles. The van der Waals surface area contributed by atoms with Gasteiger partial charge in [0, 0.05) is 0 Å². The normalized spacial score (nSPS) is 11.5. The molecule has 0 fully saturated rings. The smallest absolute Gasteiger partial charge is 0.416 e. The molecule has 0 aliphatic heterocycles. The summed E-state index contributed by atoms with van der Waals surface area (Å²) in [5, 5.41) is 9.66. The van der Waals surface area contributed by atoms with Gasteiger partial charge in [0.2, 0.25) is 5.43 Å². The van der Waals surface area contributed by atoms with Crippen LogP contribution in [0, 0.1) is 0 Å². The maximum absolute atomic E-state index is 13.3. The maximum atomic E-state index is 13.3. The van der Waals surface area contributed by atoms with E-state index in [-0.39, 0.29) is 40.9 Å². The van der Waals surface area contributed by atoms with Gasteiger partial charge in [-0.15, -0.1) is 0 Å². The predicted octanol–water partition coefficient (Wildman–Crippen LogP) is 5.57. The highest BCUT2D eigenvalue weighted by Crippen LogP contribution is 2.34. The SMILES string of the molecule is COc1ccc(-c2coc3cc(CO)cc(OC)c3c2=O)cc1OCc1ccc(C(F)(F)F)cc1. The molecule has 35 heavy (non-hydrogen) atoms. The molecule has 0 atom stereocenters. The first-order valence-electron chi connectivity index (χ1n) is 10.5. The number of hydrogen-bond donors (Lipinski definition) is 1. The summed E-state index contributed by atoms with van der Waals surface area (Å²) in [6, 6.07) is 12.7. The Morgan fingerprint density at radius 1 is 0.886 bits per heavy atom. The summed E-state index contributed by atoms with van der Waals surface area (Å²) >= 11 is 0. The molecule has 3 aromatic carbocycles. The van der Waals surface area contributed by atoms with Gasteiger partial charge in [-0.3, -0.25) is 4.79 Å². The fourth-order valence-corrected chi connectivity index (χ4v) is 3.63. The zero-order chi connectivity index (χ0) is 25.2. The van der Waals surface area contributed by atoms with Crippen molar-refractivity contribution in [3.63, 3.8) is 0 Å². The summed E-state index contributed by atoms with van der Waals surface area (Å²) in [5.74, 6) is 0.956. The molecule has 0 aliphatic rings. The lowest BCUT2D eigenvalue weighted by Gasteiger charge is -2.13. The number of aliphatic hydroxyl groups excluding tert-OH is 1. The van der Waals surface area contributed by atoms with Crippen LogP contribution in [0.1, 0.15) is 16.7 Å². The molecule has 0 radical (unpaired) electrons. The maximum Gasteiger partial charge on any atom is 0.416 e. The average molecular weight is 486 g/mol. The lowest BCUT2D eigenvalue weighted by Crippen LogP contribution is -2.07. The van der Waals surface area contributed by atoms with E-state index in [2.05, 4.69) is 0 Å². The van der Waals surface area contributed by atoms with E-state index in [1.54, 1.807) is 30.3 Å². The summed E-state index contributed by atoms with van der Waals surface area (Å²) in [6.07, 6.45) is -3.10. The second-order valence-corrected chi connectivity index (χ2v) is 7.66. The molecule has 1 N–H and O–H groups in total. The molecule has 0 spiro atoms. The van der Waals surface area contributed by atoms with Crippen LogP contribution in [0.3, 0.4) is 0 Å². The minimum atomic E-state index is -4.42. The van der Waals surface area contributed by atoms with Crippen molar-refractivity contribution >= 4 is 11.0 Å². The molecule has 4 aromatic rings. The number of alkyl halides is 3. The number of rotatable bonds is 7. The third kappa shape index (κ3) is 4.95. The summed E-state index contributed by atoms with van der Waals surface area (Å²) in [7, 11) is 2.87. The second-order valence-electron chi connectivity index (χ2n) is 7.66. The van der Waals surface area contributed by atoms with Crippen molar-refractivity contribution in [3.05, 3.63) is 87.8 Å². The lowest BCUT2D eigenvalue weighted by atomic mass is 10.0. The van der Waals surface area contributed by atoms with Gasteiger partial charge in [-0.25, -0.2) is 0 Å². The number of benzene rings is 3. The minimum absolute atomic E-state index is 0.0119. The monoisotopic (exact) mass is 486 g/mol. The number of ether oxygens (including phenoxy) is 3.